The Labute approximate surface area is 107 Å². The fourth-order valence-electron chi connectivity index (χ4n) is 3.84. The maximum absolute atomic E-state index is 2.75. The minimum Gasteiger partial charge on any atom is -0.297 e. The molecule has 2 saturated heterocycles. The van der Waals surface area contributed by atoms with Gasteiger partial charge < -0.3 is 0 Å². The molecule has 0 aromatic heterocycles. The first-order valence-corrected chi connectivity index (χ1v) is 7.54. The highest BCUT2D eigenvalue weighted by molar-refractivity contribution is 4.98. The number of nitrogens with zero attached hydrogens (tertiary/aromatic N) is 2. The van der Waals surface area contributed by atoms with Gasteiger partial charge in [0.05, 0.1) is 0 Å². The number of piperidine rings is 1. The Hall–Kier alpha value is -0.0800. The molecule has 0 bridgehead atoms. The van der Waals surface area contributed by atoms with E-state index in [-0.39, 0.29) is 0 Å². The average molecular weight is 238 g/mol. The summed E-state index contributed by atoms with van der Waals surface area (Å²) in [4.78, 5) is 5.49. The molecule has 0 aliphatic carbocycles. The van der Waals surface area contributed by atoms with Gasteiger partial charge in [0.25, 0.3) is 0 Å². The maximum atomic E-state index is 2.75. The standard InChI is InChI=1S/C15H30N2/c1-13(2)17-12-6-5-9-14(17)15(3,4)16-10-7-8-11-16/h13-14H,5-12H2,1-4H3. The highest BCUT2D eigenvalue weighted by Gasteiger charge is 2.41. The van der Waals surface area contributed by atoms with Crippen LogP contribution in [0, 0.1) is 0 Å². The monoisotopic (exact) mass is 238 g/mol. The normalized spacial score (nSPS) is 29.1. The first kappa shape index (κ1) is 13.4. The quantitative estimate of drug-likeness (QED) is 0.745. The van der Waals surface area contributed by atoms with Crippen LogP contribution < -0.4 is 0 Å². The Morgan fingerprint density at radius 3 is 2.12 bits per heavy atom. The van der Waals surface area contributed by atoms with Gasteiger partial charge in [-0.3, -0.25) is 9.80 Å². The van der Waals surface area contributed by atoms with Crippen molar-refractivity contribution < 1.29 is 0 Å². The summed E-state index contributed by atoms with van der Waals surface area (Å²) in [5, 5.41) is 0. The lowest BCUT2D eigenvalue weighted by molar-refractivity contribution is -0.00510. The molecule has 0 radical (unpaired) electrons. The van der Waals surface area contributed by atoms with E-state index in [1.54, 1.807) is 0 Å². The van der Waals surface area contributed by atoms with E-state index in [1.165, 1.54) is 51.7 Å². The lowest BCUT2D eigenvalue weighted by Crippen LogP contribution is -2.61. The molecular weight excluding hydrogens is 208 g/mol. The summed E-state index contributed by atoms with van der Waals surface area (Å²) < 4.78 is 0. The van der Waals surface area contributed by atoms with Gasteiger partial charge in [-0.1, -0.05) is 6.42 Å². The SMILES string of the molecule is CC(C)N1CCCCC1C(C)(C)N1CCCC1. The molecule has 17 heavy (non-hydrogen) atoms. The number of hydrogen-bond acceptors (Lipinski definition) is 2. The molecular formula is C15H30N2. The second-order valence-electron chi connectivity index (χ2n) is 6.69. The minimum absolute atomic E-state index is 0.362. The van der Waals surface area contributed by atoms with E-state index in [9.17, 15) is 0 Å². The van der Waals surface area contributed by atoms with Crippen molar-refractivity contribution in [2.45, 2.75) is 77.4 Å². The second kappa shape index (κ2) is 5.27. The molecule has 2 heteroatoms. The van der Waals surface area contributed by atoms with Gasteiger partial charge in [0.1, 0.15) is 0 Å². The van der Waals surface area contributed by atoms with E-state index in [2.05, 4.69) is 37.5 Å². The molecule has 2 rings (SSSR count). The molecule has 0 spiro atoms. The van der Waals surface area contributed by atoms with Crippen molar-refractivity contribution in [1.29, 1.82) is 0 Å². The van der Waals surface area contributed by atoms with Gasteiger partial charge in [-0.15, -0.1) is 0 Å². The van der Waals surface area contributed by atoms with E-state index in [0.717, 1.165) is 6.04 Å². The Morgan fingerprint density at radius 1 is 0.941 bits per heavy atom. The van der Waals surface area contributed by atoms with Crippen molar-refractivity contribution in [3.63, 3.8) is 0 Å². The van der Waals surface area contributed by atoms with Crippen LogP contribution in [0.15, 0.2) is 0 Å². The smallest absolute Gasteiger partial charge is 0.0308 e. The predicted octanol–water partition coefficient (Wildman–Crippen LogP) is 3.12. The van der Waals surface area contributed by atoms with Gasteiger partial charge >= 0.3 is 0 Å². The van der Waals surface area contributed by atoms with Gasteiger partial charge in [0.15, 0.2) is 0 Å². The Morgan fingerprint density at radius 2 is 1.53 bits per heavy atom. The molecule has 0 aromatic carbocycles. The lowest BCUT2D eigenvalue weighted by atomic mass is 9.84. The van der Waals surface area contributed by atoms with E-state index >= 15 is 0 Å². The van der Waals surface area contributed by atoms with E-state index < -0.39 is 0 Å². The van der Waals surface area contributed by atoms with E-state index in [0.29, 0.717) is 11.6 Å². The zero-order valence-electron chi connectivity index (χ0n) is 12.2. The Kier molecular flexibility index (Phi) is 4.14. The molecule has 0 aromatic rings. The van der Waals surface area contributed by atoms with Gasteiger partial charge in [-0.2, -0.15) is 0 Å². The van der Waals surface area contributed by atoms with Crippen LogP contribution in [0.1, 0.15) is 59.8 Å². The number of hydrogen-bond donors (Lipinski definition) is 0. The molecule has 100 valence electrons. The third-order valence-electron chi connectivity index (χ3n) is 4.94. The molecule has 2 aliphatic heterocycles. The van der Waals surface area contributed by atoms with Crippen LogP contribution in [-0.4, -0.2) is 47.1 Å². The van der Waals surface area contributed by atoms with Crippen LogP contribution in [0.2, 0.25) is 0 Å². The van der Waals surface area contributed by atoms with Crippen LogP contribution in [0.4, 0.5) is 0 Å². The third kappa shape index (κ3) is 2.68. The fourth-order valence-corrected chi connectivity index (χ4v) is 3.84. The number of likely N-dealkylation sites (tertiary alicyclic amines) is 2. The first-order chi connectivity index (χ1) is 8.03. The largest absolute Gasteiger partial charge is 0.297 e. The van der Waals surface area contributed by atoms with Crippen molar-refractivity contribution >= 4 is 0 Å². The lowest BCUT2D eigenvalue weighted by Gasteiger charge is -2.51. The van der Waals surface area contributed by atoms with Crippen LogP contribution in [0.3, 0.4) is 0 Å². The van der Waals surface area contributed by atoms with Crippen molar-refractivity contribution in [3.05, 3.63) is 0 Å². The molecule has 0 N–H and O–H groups in total. The summed E-state index contributed by atoms with van der Waals surface area (Å²) in [5.41, 5.74) is 0.362. The fraction of sp³-hybridized carbons (Fsp3) is 1.00. The summed E-state index contributed by atoms with van der Waals surface area (Å²) in [5.74, 6) is 0. The molecule has 2 fully saturated rings. The third-order valence-corrected chi connectivity index (χ3v) is 4.94. The molecule has 2 nitrogen and oxygen atoms in total. The predicted molar refractivity (Wildman–Crippen MR) is 74.4 cm³/mol. The average Bonchev–Trinajstić information content (AvgIpc) is 2.83. The van der Waals surface area contributed by atoms with Crippen molar-refractivity contribution in [2.24, 2.45) is 0 Å². The Balaban J connectivity index is 2.11. The maximum Gasteiger partial charge on any atom is 0.0308 e. The van der Waals surface area contributed by atoms with Crippen LogP contribution in [-0.2, 0) is 0 Å². The Bertz CT molecular complexity index is 241. The second-order valence-corrected chi connectivity index (χ2v) is 6.69. The number of rotatable bonds is 3. The summed E-state index contributed by atoms with van der Waals surface area (Å²) in [7, 11) is 0. The molecule has 2 heterocycles. The summed E-state index contributed by atoms with van der Waals surface area (Å²) >= 11 is 0. The van der Waals surface area contributed by atoms with Gasteiger partial charge in [-0.05, 0) is 73.0 Å². The summed E-state index contributed by atoms with van der Waals surface area (Å²) in [6.45, 7) is 13.6. The van der Waals surface area contributed by atoms with Crippen LogP contribution >= 0.6 is 0 Å². The first-order valence-electron chi connectivity index (χ1n) is 7.54. The highest BCUT2D eigenvalue weighted by atomic mass is 15.3. The molecule has 1 unspecified atom stereocenters. The zero-order chi connectivity index (χ0) is 12.5. The molecule has 1 atom stereocenters. The molecule has 0 amide bonds. The topological polar surface area (TPSA) is 6.48 Å². The van der Waals surface area contributed by atoms with Gasteiger partial charge in [-0.25, -0.2) is 0 Å². The van der Waals surface area contributed by atoms with Crippen LogP contribution in [0.5, 0.6) is 0 Å². The zero-order valence-corrected chi connectivity index (χ0v) is 12.2. The minimum atomic E-state index is 0.362. The van der Waals surface area contributed by atoms with Crippen molar-refractivity contribution in [1.82, 2.24) is 9.80 Å². The van der Waals surface area contributed by atoms with Crippen LogP contribution in [0.25, 0.3) is 0 Å². The van der Waals surface area contributed by atoms with Gasteiger partial charge in [0.2, 0.25) is 0 Å². The summed E-state index contributed by atoms with van der Waals surface area (Å²) in [6.07, 6.45) is 7.01. The van der Waals surface area contributed by atoms with Crippen molar-refractivity contribution in [2.75, 3.05) is 19.6 Å². The molecule has 0 saturated carbocycles. The molecule has 2 aliphatic rings. The van der Waals surface area contributed by atoms with E-state index in [4.69, 9.17) is 0 Å². The highest BCUT2D eigenvalue weighted by Crippen LogP contribution is 2.33. The van der Waals surface area contributed by atoms with E-state index in [1.807, 2.05) is 0 Å². The van der Waals surface area contributed by atoms with Gasteiger partial charge in [0, 0.05) is 17.6 Å². The van der Waals surface area contributed by atoms with Crippen molar-refractivity contribution in [3.8, 4) is 0 Å². The summed E-state index contributed by atoms with van der Waals surface area (Å²) in [6, 6.07) is 1.46.